The SMILES string of the molecule is C[C@H](N)c1ccnc(N2CCC(c3ccccc3)C2)c1. The van der Waals surface area contributed by atoms with Gasteiger partial charge >= 0.3 is 0 Å². The van der Waals surface area contributed by atoms with Crippen molar-refractivity contribution in [2.45, 2.75) is 25.3 Å². The van der Waals surface area contributed by atoms with Crippen LogP contribution in [0.15, 0.2) is 48.7 Å². The highest BCUT2D eigenvalue weighted by Gasteiger charge is 2.24. The summed E-state index contributed by atoms with van der Waals surface area (Å²) >= 11 is 0. The second-order valence-electron chi connectivity index (χ2n) is 5.58. The molecule has 0 aliphatic carbocycles. The molecule has 104 valence electrons. The first-order chi connectivity index (χ1) is 9.74. The van der Waals surface area contributed by atoms with E-state index in [1.54, 1.807) is 0 Å². The summed E-state index contributed by atoms with van der Waals surface area (Å²) in [5.74, 6) is 1.66. The van der Waals surface area contributed by atoms with Gasteiger partial charge in [0.1, 0.15) is 5.82 Å². The van der Waals surface area contributed by atoms with E-state index in [-0.39, 0.29) is 6.04 Å². The molecule has 3 nitrogen and oxygen atoms in total. The summed E-state index contributed by atoms with van der Waals surface area (Å²) in [6.45, 7) is 4.12. The molecule has 3 rings (SSSR count). The number of aromatic nitrogens is 1. The number of rotatable bonds is 3. The Morgan fingerprint density at radius 2 is 2.05 bits per heavy atom. The molecule has 0 radical (unpaired) electrons. The van der Waals surface area contributed by atoms with Crippen molar-refractivity contribution in [2.24, 2.45) is 5.73 Å². The van der Waals surface area contributed by atoms with E-state index in [2.05, 4.69) is 46.3 Å². The van der Waals surface area contributed by atoms with Crippen molar-refractivity contribution < 1.29 is 0 Å². The van der Waals surface area contributed by atoms with Gasteiger partial charge in [0, 0.05) is 31.2 Å². The summed E-state index contributed by atoms with van der Waals surface area (Å²) in [7, 11) is 0. The zero-order valence-corrected chi connectivity index (χ0v) is 11.9. The van der Waals surface area contributed by atoms with Crippen LogP contribution >= 0.6 is 0 Å². The molecule has 2 atom stereocenters. The molecule has 2 heterocycles. The molecule has 1 aromatic heterocycles. The van der Waals surface area contributed by atoms with E-state index in [9.17, 15) is 0 Å². The molecule has 1 aliphatic rings. The van der Waals surface area contributed by atoms with Crippen LogP contribution in [0.3, 0.4) is 0 Å². The Balaban J connectivity index is 1.76. The smallest absolute Gasteiger partial charge is 0.128 e. The summed E-state index contributed by atoms with van der Waals surface area (Å²) in [6.07, 6.45) is 3.05. The minimum absolute atomic E-state index is 0.0595. The largest absolute Gasteiger partial charge is 0.356 e. The van der Waals surface area contributed by atoms with Gasteiger partial charge in [0.15, 0.2) is 0 Å². The lowest BCUT2D eigenvalue weighted by Gasteiger charge is -2.19. The fraction of sp³-hybridized carbons (Fsp3) is 0.353. The zero-order valence-electron chi connectivity index (χ0n) is 11.9. The number of hydrogen-bond acceptors (Lipinski definition) is 3. The first-order valence-corrected chi connectivity index (χ1v) is 7.25. The standard InChI is InChI=1S/C17H21N3/c1-13(18)15-7-9-19-17(11-15)20-10-8-16(12-20)14-5-3-2-4-6-14/h2-7,9,11,13,16H,8,10,12,18H2,1H3/t13-,16?/m0/s1. The Hall–Kier alpha value is -1.87. The van der Waals surface area contributed by atoms with Gasteiger partial charge in [-0.05, 0) is 36.6 Å². The second kappa shape index (κ2) is 5.63. The average Bonchev–Trinajstić information content (AvgIpc) is 2.98. The van der Waals surface area contributed by atoms with Crippen molar-refractivity contribution in [1.29, 1.82) is 0 Å². The summed E-state index contributed by atoms with van der Waals surface area (Å²) in [5.41, 5.74) is 8.53. The van der Waals surface area contributed by atoms with Gasteiger partial charge in [0.05, 0.1) is 0 Å². The van der Waals surface area contributed by atoms with Crippen molar-refractivity contribution in [3.63, 3.8) is 0 Å². The molecule has 0 saturated carbocycles. The lowest BCUT2D eigenvalue weighted by atomic mass is 9.99. The van der Waals surface area contributed by atoms with Crippen molar-refractivity contribution in [1.82, 2.24) is 4.98 Å². The fourth-order valence-electron chi connectivity index (χ4n) is 2.86. The third-order valence-electron chi connectivity index (χ3n) is 4.08. The van der Waals surface area contributed by atoms with Crippen molar-refractivity contribution in [2.75, 3.05) is 18.0 Å². The van der Waals surface area contributed by atoms with Gasteiger partial charge in [-0.25, -0.2) is 4.98 Å². The Kier molecular flexibility index (Phi) is 3.70. The summed E-state index contributed by atoms with van der Waals surface area (Å²) < 4.78 is 0. The van der Waals surface area contributed by atoms with E-state index in [4.69, 9.17) is 5.73 Å². The highest BCUT2D eigenvalue weighted by molar-refractivity contribution is 5.44. The Morgan fingerprint density at radius 3 is 2.80 bits per heavy atom. The third kappa shape index (κ3) is 2.68. The van der Waals surface area contributed by atoms with Gasteiger partial charge in [0.25, 0.3) is 0 Å². The van der Waals surface area contributed by atoms with Gasteiger partial charge in [-0.3, -0.25) is 0 Å². The fourth-order valence-corrected chi connectivity index (χ4v) is 2.86. The van der Waals surface area contributed by atoms with Crippen LogP contribution in [0.4, 0.5) is 5.82 Å². The lowest BCUT2D eigenvalue weighted by molar-refractivity contribution is 0.773. The Labute approximate surface area is 120 Å². The van der Waals surface area contributed by atoms with Crippen LogP contribution in [-0.2, 0) is 0 Å². The molecule has 1 unspecified atom stereocenters. The maximum Gasteiger partial charge on any atom is 0.128 e. The minimum Gasteiger partial charge on any atom is -0.356 e. The summed E-state index contributed by atoms with van der Waals surface area (Å²) in [6, 6.07) is 14.9. The highest BCUT2D eigenvalue weighted by atomic mass is 15.2. The molecule has 3 heteroatoms. The predicted octanol–water partition coefficient (Wildman–Crippen LogP) is 3.10. The molecule has 0 amide bonds. The maximum absolute atomic E-state index is 5.95. The number of pyridine rings is 1. The minimum atomic E-state index is 0.0595. The third-order valence-corrected chi connectivity index (χ3v) is 4.08. The van der Waals surface area contributed by atoms with Crippen LogP contribution in [0.25, 0.3) is 0 Å². The molecule has 1 aliphatic heterocycles. The van der Waals surface area contributed by atoms with Crippen LogP contribution < -0.4 is 10.6 Å². The molecule has 1 saturated heterocycles. The topological polar surface area (TPSA) is 42.1 Å². The monoisotopic (exact) mass is 267 g/mol. The van der Waals surface area contributed by atoms with Crippen LogP contribution in [-0.4, -0.2) is 18.1 Å². The van der Waals surface area contributed by atoms with Crippen molar-refractivity contribution >= 4 is 5.82 Å². The average molecular weight is 267 g/mol. The van der Waals surface area contributed by atoms with E-state index in [1.807, 2.05) is 19.2 Å². The molecule has 20 heavy (non-hydrogen) atoms. The van der Waals surface area contributed by atoms with Gasteiger partial charge in [-0.2, -0.15) is 0 Å². The Bertz CT molecular complexity index is 565. The summed E-state index contributed by atoms with van der Waals surface area (Å²) in [4.78, 5) is 6.87. The quantitative estimate of drug-likeness (QED) is 0.929. The van der Waals surface area contributed by atoms with E-state index < -0.39 is 0 Å². The van der Waals surface area contributed by atoms with Gasteiger partial charge in [-0.15, -0.1) is 0 Å². The number of nitrogens with zero attached hydrogens (tertiary/aromatic N) is 2. The first kappa shape index (κ1) is 13.1. The van der Waals surface area contributed by atoms with E-state index in [0.29, 0.717) is 5.92 Å². The van der Waals surface area contributed by atoms with Crippen molar-refractivity contribution in [3.05, 3.63) is 59.8 Å². The predicted molar refractivity (Wildman–Crippen MR) is 82.9 cm³/mol. The van der Waals surface area contributed by atoms with Crippen LogP contribution in [0, 0.1) is 0 Å². The van der Waals surface area contributed by atoms with Gasteiger partial charge in [-0.1, -0.05) is 30.3 Å². The first-order valence-electron chi connectivity index (χ1n) is 7.25. The van der Waals surface area contributed by atoms with Crippen molar-refractivity contribution in [3.8, 4) is 0 Å². The molecule has 1 fully saturated rings. The molecule has 0 spiro atoms. The maximum atomic E-state index is 5.95. The number of anilines is 1. The van der Waals surface area contributed by atoms with Gasteiger partial charge < -0.3 is 10.6 Å². The van der Waals surface area contributed by atoms with Crippen LogP contribution in [0.2, 0.25) is 0 Å². The number of benzene rings is 1. The lowest BCUT2D eigenvalue weighted by Crippen LogP contribution is -2.21. The molecular weight excluding hydrogens is 246 g/mol. The normalized spacial score (nSPS) is 20.1. The van der Waals surface area contributed by atoms with Gasteiger partial charge in [0.2, 0.25) is 0 Å². The molecule has 2 N–H and O–H groups in total. The second-order valence-corrected chi connectivity index (χ2v) is 5.58. The highest BCUT2D eigenvalue weighted by Crippen LogP contribution is 2.30. The zero-order chi connectivity index (χ0) is 13.9. The van der Waals surface area contributed by atoms with E-state index >= 15 is 0 Å². The number of nitrogens with two attached hydrogens (primary N) is 1. The molecule has 2 aromatic rings. The summed E-state index contributed by atoms with van der Waals surface area (Å²) in [5, 5.41) is 0. The molecular formula is C17H21N3. The van der Waals surface area contributed by atoms with E-state index in [1.165, 1.54) is 12.0 Å². The molecule has 1 aromatic carbocycles. The Morgan fingerprint density at radius 1 is 1.25 bits per heavy atom. The van der Waals surface area contributed by atoms with Crippen LogP contribution in [0.1, 0.15) is 36.4 Å². The number of hydrogen-bond donors (Lipinski definition) is 1. The van der Waals surface area contributed by atoms with E-state index in [0.717, 1.165) is 24.5 Å². The molecule has 0 bridgehead atoms. The van der Waals surface area contributed by atoms with Crippen LogP contribution in [0.5, 0.6) is 0 Å².